The Morgan fingerprint density at radius 3 is 2.64 bits per heavy atom. The van der Waals surface area contributed by atoms with Crippen molar-refractivity contribution in [3.63, 3.8) is 0 Å². The van der Waals surface area contributed by atoms with Gasteiger partial charge in [-0.3, -0.25) is 5.10 Å². The van der Waals surface area contributed by atoms with Crippen LogP contribution in [-0.4, -0.2) is 44.5 Å². The zero-order valence-electron chi connectivity index (χ0n) is 21.9. The van der Waals surface area contributed by atoms with Gasteiger partial charge in [-0.1, -0.05) is 24.6 Å². The van der Waals surface area contributed by atoms with Gasteiger partial charge in [0.15, 0.2) is 5.82 Å². The average molecular weight is 575 g/mol. The van der Waals surface area contributed by atoms with E-state index >= 15 is 0 Å². The number of H-pyrrole nitrogens is 1. The number of nitrogens with zero attached hydrogens (tertiary/aromatic N) is 3. The molecule has 0 aliphatic rings. The lowest BCUT2D eigenvalue weighted by molar-refractivity contribution is 0.0499. The SMILES string of the molecule is CCC(CNC(=O)OC(C)(C)C)Oc1ccc(F)cc1Cc1ccc2[nH]nc(Nc3cc(Cl)nc(Cl)n3)c2c1. The third-order valence-corrected chi connectivity index (χ3v) is 5.94. The lowest BCUT2D eigenvalue weighted by atomic mass is 10.0. The number of fused-ring (bicyclic) bond motifs is 1. The molecule has 1 amide bonds. The Bertz CT molecular complexity index is 1450. The van der Waals surface area contributed by atoms with Crippen LogP contribution in [0.3, 0.4) is 0 Å². The summed E-state index contributed by atoms with van der Waals surface area (Å²) in [6, 6.07) is 11.7. The van der Waals surface area contributed by atoms with E-state index in [0.29, 0.717) is 35.8 Å². The summed E-state index contributed by atoms with van der Waals surface area (Å²) in [5.74, 6) is 1.07. The number of hydrogen-bond donors (Lipinski definition) is 3. The molecular weight excluding hydrogens is 546 g/mol. The number of ether oxygens (including phenoxy) is 2. The molecule has 0 aliphatic heterocycles. The minimum atomic E-state index is -0.600. The van der Waals surface area contributed by atoms with E-state index in [1.165, 1.54) is 18.2 Å². The molecule has 2 heterocycles. The van der Waals surface area contributed by atoms with Crippen LogP contribution in [0.15, 0.2) is 42.5 Å². The number of anilines is 2. The van der Waals surface area contributed by atoms with Gasteiger partial charge in [0.05, 0.1) is 12.1 Å². The Morgan fingerprint density at radius 2 is 1.92 bits per heavy atom. The smallest absolute Gasteiger partial charge is 0.407 e. The molecule has 2 aromatic heterocycles. The highest BCUT2D eigenvalue weighted by Gasteiger charge is 2.19. The van der Waals surface area contributed by atoms with Crippen LogP contribution in [0.1, 0.15) is 45.2 Å². The molecule has 0 bridgehead atoms. The quantitative estimate of drug-likeness (QED) is 0.148. The van der Waals surface area contributed by atoms with Crippen LogP contribution in [0.25, 0.3) is 10.9 Å². The summed E-state index contributed by atoms with van der Waals surface area (Å²) in [4.78, 5) is 20.0. The number of rotatable bonds is 9. The molecule has 0 radical (unpaired) electrons. The topological polar surface area (TPSA) is 114 Å². The van der Waals surface area contributed by atoms with Crippen molar-refractivity contribution in [3.05, 3.63) is 69.8 Å². The van der Waals surface area contributed by atoms with E-state index < -0.39 is 11.7 Å². The van der Waals surface area contributed by atoms with E-state index in [1.807, 2.05) is 25.1 Å². The summed E-state index contributed by atoms with van der Waals surface area (Å²) < 4.78 is 25.8. The second-order valence-corrected chi connectivity index (χ2v) is 10.6. The van der Waals surface area contributed by atoms with E-state index in [4.69, 9.17) is 32.7 Å². The molecule has 0 fully saturated rings. The molecule has 1 unspecified atom stereocenters. The minimum Gasteiger partial charge on any atom is -0.488 e. The number of amides is 1. The molecule has 0 saturated heterocycles. The number of aromatic amines is 1. The van der Waals surface area contributed by atoms with Crippen LogP contribution in [0, 0.1) is 5.82 Å². The van der Waals surface area contributed by atoms with Gasteiger partial charge in [-0.15, -0.1) is 0 Å². The van der Waals surface area contributed by atoms with E-state index in [2.05, 4.69) is 30.8 Å². The van der Waals surface area contributed by atoms with E-state index in [9.17, 15) is 9.18 Å². The van der Waals surface area contributed by atoms with Crippen molar-refractivity contribution in [2.45, 2.75) is 52.2 Å². The number of nitrogens with one attached hydrogen (secondary N) is 3. The number of halogens is 3. The lowest BCUT2D eigenvalue weighted by Crippen LogP contribution is -2.38. The van der Waals surface area contributed by atoms with E-state index in [1.54, 1.807) is 26.8 Å². The fraction of sp³-hybridized carbons (Fsp3) is 0.333. The second kappa shape index (κ2) is 12.0. The fourth-order valence-corrected chi connectivity index (χ4v) is 4.23. The molecule has 0 spiro atoms. The van der Waals surface area contributed by atoms with Crippen molar-refractivity contribution in [1.82, 2.24) is 25.5 Å². The first-order valence-electron chi connectivity index (χ1n) is 12.3. The Morgan fingerprint density at radius 1 is 1.13 bits per heavy atom. The summed E-state index contributed by atoms with van der Waals surface area (Å²) in [6.07, 6.45) is 0.169. The predicted molar refractivity (Wildman–Crippen MR) is 150 cm³/mol. The maximum absolute atomic E-state index is 14.3. The molecule has 0 saturated carbocycles. The first-order valence-corrected chi connectivity index (χ1v) is 13.1. The number of carbonyl (C=O) groups excluding carboxylic acids is 1. The first-order chi connectivity index (χ1) is 18.5. The highest BCUT2D eigenvalue weighted by Crippen LogP contribution is 2.29. The number of hydrogen-bond acceptors (Lipinski definition) is 7. The van der Waals surface area contributed by atoms with Gasteiger partial charge in [-0.2, -0.15) is 5.10 Å². The van der Waals surface area contributed by atoms with Crippen molar-refractivity contribution >= 4 is 51.8 Å². The number of carbonyl (C=O) groups is 1. The highest BCUT2D eigenvalue weighted by atomic mass is 35.5. The van der Waals surface area contributed by atoms with Gasteiger partial charge in [-0.05, 0) is 74.7 Å². The molecule has 9 nitrogen and oxygen atoms in total. The Kier molecular flexibility index (Phi) is 8.76. The predicted octanol–water partition coefficient (Wildman–Crippen LogP) is 6.82. The van der Waals surface area contributed by atoms with Crippen LogP contribution in [0.2, 0.25) is 10.4 Å². The van der Waals surface area contributed by atoms with Crippen molar-refractivity contribution < 1.29 is 18.7 Å². The molecule has 3 N–H and O–H groups in total. The molecule has 4 rings (SSSR count). The van der Waals surface area contributed by atoms with Crippen LogP contribution in [0.4, 0.5) is 20.8 Å². The Hall–Kier alpha value is -3.63. The van der Waals surface area contributed by atoms with Gasteiger partial charge in [-0.25, -0.2) is 19.2 Å². The fourth-order valence-electron chi connectivity index (χ4n) is 3.82. The largest absolute Gasteiger partial charge is 0.488 e. The third kappa shape index (κ3) is 7.93. The average Bonchev–Trinajstić information content (AvgIpc) is 3.23. The third-order valence-electron chi connectivity index (χ3n) is 5.58. The number of aromatic nitrogens is 4. The number of alkyl carbamates (subject to hydrolysis) is 1. The molecular formula is C27H29Cl2FN6O3. The first kappa shape index (κ1) is 28.4. The van der Waals surface area contributed by atoms with E-state index in [0.717, 1.165) is 16.5 Å². The van der Waals surface area contributed by atoms with Gasteiger partial charge in [0.25, 0.3) is 0 Å². The molecule has 39 heavy (non-hydrogen) atoms. The van der Waals surface area contributed by atoms with Crippen molar-refractivity contribution in [2.24, 2.45) is 0 Å². The zero-order chi connectivity index (χ0) is 28.2. The highest BCUT2D eigenvalue weighted by molar-refractivity contribution is 6.32. The monoisotopic (exact) mass is 574 g/mol. The molecule has 1 atom stereocenters. The number of benzene rings is 2. The van der Waals surface area contributed by atoms with Crippen LogP contribution in [-0.2, 0) is 11.2 Å². The second-order valence-electron chi connectivity index (χ2n) is 9.88. The van der Waals surface area contributed by atoms with Crippen molar-refractivity contribution in [2.75, 3.05) is 11.9 Å². The van der Waals surface area contributed by atoms with Crippen LogP contribution in [0.5, 0.6) is 5.75 Å². The molecule has 2 aromatic carbocycles. The minimum absolute atomic E-state index is 0.0100. The Labute approximate surface area is 235 Å². The van der Waals surface area contributed by atoms with Gasteiger partial charge >= 0.3 is 6.09 Å². The van der Waals surface area contributed by atoms with Crippen molar-refractivity contribution in [1.29, 1.82) is 0 Å². The Balaban J connectivity index is 1.52. The zero-order valence-corrected chi connectivity index (χ0v) is 23.5. The normalized spacial score (nSPS) is 12.3. The van der Waals surface area contributed by atoms with Gasteiger partial charge in [0.2, 0.25) is 5.28 Å². The summed E-state index contributed by atoms with van der Waals surface area (Å²) in [5, 5.41) is 14.1. The molecule has 4 aromatic rings. The lowest BCUT2D eigenvalue weighted by Gasteiger charge is -2.23. The summed E-state index contributed by atoms with van der Waals surface area (Å²) in [5.41, 5.74) is 1.76. The molecule has 12 heteroatoms. The molecule has 0 aliphatic carbocycles. The summed E-state index contributed by atoms with van der Waals surface area (Å²) >= 11 is 11.9. The maximum atomic E-state index is 14.3. The van der Waals surface area contributed by atoms with Gasteiger partial charge < -0.3 is 20.1 Å². The van der Waals surface area contributed by atoms with Crippen molar-refractivity contribution in [3.8, 4) is 5.75 Å². The van der Waals surface area contributed by atoms with Crippen LogP contribution >= 0.6 is 23.2 Å². The molecule has 206 valence electrons. The van der Waals surface area contributed by atoms with Gasteiger partial charge in [0.1, 0.15) is 34.2 Å². The summed E-state index contributed by atoms with van der Waals surface area (Å²) in [7, 11) is 0. The van der Waals surface area contributed by atoms with E-state index in [-0.39, 0.29) is 28.9 Å². The van der Waals surface area contributed by atoms with Crippen LogP contribution < -0.4 is 15.4 Å². The summed E-state index contributed by atoms with van der Waals surface area (Å²) in [6.45, 7) is 7.59. The van der Waals surface area contributed by atoms with Gasteiger partial charge in [0, 0.05) is 23.4 Å². The standard InChI is InChI=1S/C27H29Cl2FN6O3/c1-5-18(14-31-26(37)39-27(2,3)4)38-21-9-7-17(30)12-16(21)10-15-6-8-20-19(11-15)24(36-35-20)33-23-13-22(28)32-25(29)34-23/h6-9,11-13,18H,5,10,14H2,1-4H3,(H,31,37)(H2,32,33,34,35,36). The maximum Gasteiger partial charge on any atom is 0.407 e.